The summed E-state index contributed by atoms with van der Waals surface area (Å²) in [7, 11) is -3.12. The maximum Gasteiger partial charge on any atom is 0.587 e. The molecule has 0 aliphatic heterocycles. The van der Waals surface area contributed by atoms with Crippen molar-refractivity contribution in [3.8, 4) is 11.5 Å². The lowest BCUT2D eigenvalue weighted by Gasteiger charge is -2.17. The molecule has 0 fully saturated rings. The van der Waals surface area contributed by atoms with Gasteiger partial charge in [0.15, 0.2) is 23.1 Å². The average Bonchev–Trinajstić information content (AvgIpc) is 2.44. The maximum absolute atomic E-state index is 13.4. The van der Waals surface area contributed by atoms with Crippen LogP contribution in [0.1, 0.15) is 0 Å². The molecule has 0 saturated heterocycles. The van der Waals surface area contributed by atoms with Crippen LogP contribution in [0, 0.1) is 11.6 Å². The summed E-state index contributed by atoms with van der Waals surface area (Å²) >= 11 is 0. The van der Waals surface area contributed by atoms with Gasteiger partial charge in [0.2, 0.25) is 0 Å². The molecule has 0 aromatic heterocycles. The molecule has 2 aromatic carbocycles. The van der Waals surface area contributed by atoms with Gasteiger partial charge in [-0.15, -0.1) is 0 Å². The smallest absolute Gasteiger partial charge is 0.392 e. The van der Waals surface area contributed by atoms with E-state index in [0.717, 1.165) is 19.2 Å². The van der Waals surface area contributed by atoms with Crippen LogP contribution in [0.3, 0.4) is 0 Å². The fourth-order valence-corrected chi connectivity index (χ4v) is 2.34. The van der Waals surface area contributed by atoms with E-state index in [1.807, 2.05) is 0 Å². The fourth-order valence-electron chi connectivity index (χ4n) is 1.37. The summed E-state index contributed by atoms with van der Waals surface area (Å²) in [6.45, 7) is 0. The molecule has 4 nitrogen and oxygen atoms in total. The third-order valence-electron chi connectivity index (χ3n) is 2.32. The Kier molecular flexibility index (Phi) is 4.37. The summed E-state index contributed by atoms with van der Waals surface area (Å²) in [6.07, 6.45) is 0. The van der Waals surface area contributed by atoms with Crippen LogP contribution in [-0.4, -0.2) is 7.11 Å². The minimum absolute atomic E-state index is 0.311. The second kappa shape index (κ2) is 6.03. The summed E-state index contributed by atoms with van der Waals surface area (Å²) in [5.74, 6) is -2.09. The first kappa shape index (κ1) is 14.5. The number of para-hydroxylation sites is 2. The van der Waals surface area contributed by atoms with Crippen molar-refractivity contribution < 1.29 is 26.9 Å². The minimum atomic E-state index is -4.18. The quantitative estimate of drug-likeness (QED) is 0.777. The van der Waals surface area contributed by atoms with Crippen LogP contribution < -0.4 is 9.05 Å². The molecule has 2 rings (SSSR count). The highest BCUT2D eigenvalue weighted by molar-refractivity contribution is 7.49. The van der Waals surface area contributed by atoms with E-state index in [2.05, 4.69) is 4.52 Å². The van der Waals surface area contributed by atoms with E-state index in [4.69, 9.17) is 9.05 Å². The number of phosphoric acid groups is 1. The molecule has 0 amide bonds. The van der Waals surface area contributed by atoms with E-state index >= 15 is 0 Å². The number of hydrogen-bond acceptors (Lipinski definition) is 4. The largest absolute Gasteiger partial charge is 0.587 e. The van der Waals surface area contributed by atoms with E-state index < -0.39 is 19.5 Å². The van der Waals surface area contributed by atoms with Crippen molar-refractivity contribution in [1.29, 1.82) is 0 Å². The monoisotopic (exact) mass is 300 g/mol. The van der Waals surface area contributed by atoms with Crippen molar-refractivity contribution in [3.05, 3.63) is 60.2 Å². The Bertz CT molecular complexity index is 596. The van der Waals surface area contributed by atoms with Crippen LogP contribution in [0.5, 0.6) is 11.5 Å². The Labute approximate surface area is 114 Å². The Balaban J connectivity index is 2.24. The van der Waals surface area contributed by atoms with Crippen LogP contribution in [-0.2, 0) is 9.09 Å². The number of phosphoric ester groups is 1. The molecular weight excluding hydrogens is 289 g/mol. The summed E-state index contributed by atoms with van der Waals surface area (Å²) in [6, 6.07) is 10.6. The lowest BCUT2D eigenvalue weighted by molar-refractivity contribution is 0.243. The van der Waals surface area contributed by atoms with Gasteiger partial charge in [0, 0.05) is 7.11 Å². The van der Waals surface area contributed by atoms with Gasteiger partial charge < -0.3 is 9.05 Å². The predicted octanol–water partition coefficient (Wildman–Crippen LogP) is 4.18. The topological polar surface area (TPSA) is 44.8 Å². The summed E-state index contributed by atoms with van der Waals surface area (Å²) < 4.78 is 53.6. The zero-order valence-electron chi connectivity index (χ0n) is 10.5. The molecule has 106 valence electrons. The molecule has 0 saturated carbocycles. The Morgan fingerprint density at radius 2 is 1.25 bits per heavy atom. The van der Waals surface area contributed by atoms with Crippen molar-refractivity contribution in [2.45, 2.75) is 0 Å². The number of rotatable bonds is 5. The SMILES string of the molecule is COP(=O)(Oc1ccccc1F)Oc1ccccc1F. The Morgan fingerprint density at radius 3 is 1.60 bits per heavy atom. The van der Waals surface area contributed by atoms with Gasteiger partial charge >= 0.3 is 7.82 Å². The highest BCUT2D eigenvalue weighted by Gasteiger charge is 2.31. The fraction of sp³-hybridized carbons (Fsp3) is 0.0769. The van der Waals surface area contributed by atoms with E-state index in [1.54, 1.807) is 0 Å². The molecular formula is C13H11F2O4P. The van der Waals surface area contributed by atoms with E-state index in [-0.39, 0.29) is 11.5 Å². The van der Waals surface area contributed by atoms with Crippen molar-refractivity contribution in [2.75, 3.05) is 7.11 Å². The number of benzene rings is 2. The molecule has 0 aliphatic carbocycles. The number of hydrogen-bond donors (Lipinski definition) is 0. The molecule has 7 heteroatoms. The molecule has 0 unspecified atom stereocenters. The minimum Gasteiger partial charge on any atom is -0.392 e. The summed E-state index contributed by atoms with van der Waals surface area (Å²) in [5.41, 5.74) is 0. The van der Waals surface area contributed by atoms with Gasteiger partial charge in [-0.25, -0.2) is 13.3 Å². The van der Waals surface area contributed by atoms with Gasteiger partial charge in [-0.05, 0) is 24.3 Å². The van der Waals surface area contributed by atoms with Crippen LogP contribution in [0.2, 0.25) is 0 Å². The number of halogens is 2. The Morgan fingerprint density at radius 1 is 0.850 bits per heavy atom. The van der Waals surface area contributed by atoms with Gasteiger partial charge in [0.05, 0.1) is 0 Å². The molecule has 0 aliphatic rings. The zero-order chi connectivity index (χ0) is 14.6. The molecule has 2 aromatic rings. The molecule has 0 bridgehead atoms. The molecule has 20 heavy (non-hydrogen) atoms. The first-order valence-electron chi connectivity index (χ1n) is 5.58. The van der Waals surface area contributed by atoms with Crippen molar-refractivity contribution >= 4 is 7.82 Å². The Hall–Kier alpha value is -1.91. The zero-order valence-corrected chi connectivity index (χ0v) is 11.3. The average molecular weight is 300 g/mol. The lowest BCUT2D eigenvalue weighted by atomic mass is 10.3. The van der Waals surface area contributed by atoms with Gasteiger partial charge in [0.1, 0.15) is 0 Å². The molecule has 0 N–H and O–H groups in total. The third-order valence-corrected chi connectivity index (χ3v) is 3.61. The van der Waals surface area contributed by atoms with E-state index in [9.17, 15) is 13.3 Å². The van der Waals surface area contributed by atoms with E-state index in [0.29, 0.717) is 0 Å². The van der Waals surface area contributed by atoms with Crippen molar-refractivity contribution in [1.82, 2.24) is 0 Å². The highest BCUT2D eigenvalue weighted by Crippen LogP contribution is 2.49. The lowest BCUT2D eigenvalue weighted by Crippen LogP contribution is -2.04. The van der Waals surface area contributed by atoms with Gasteiger partial charge in [-0.3, -0.25) is 4.52 Å². The molecule has 0 radical (unpaired) electrons. The first-order valence-corrected chi connectivity index (χ1v) is 7.04. The van der Waals surface area contributed by atoms with Crippen LogP contribution >= 0.6 is 7.82 Å². The third kappa shape index (κ3) is 3.35. The standard InChI is InChI=1S/C13H11F2O4P/c1-17-20(16,18-12-8-4-2-6-10(12)14)19-13-9-5-3-7-11(13)15/h2-9H,1H3. The second-order valence-corrected chi connectivity index (χ2v) is 5.30. The van der Waals surface area contributed by atoms with Crippen LogP contribution in [0.4, 0.5) is 8.78 Å². The molecule has 0 atom stereocenters. The highest BCUT2D eigenvalue weighted by atomic mass is 31.2. The van der Waals surface area contributed by atoms with Gasteiger partial charge in [-0.1, -0.05) is 24.3 Å². The molecule has 0 spiro atoms. The summed E-state index contributed by atoms with van der Waals surface area (Å²) in [4.78, 5) is 0. The van der Waals surface area contributed by atoms with Gasteiger partial charge in [-0.2, -0.15) is 0 Å². The normalized spacial score (nSPS) is 11.2. The van der Waals surface area contributed by atoms with Gasteiger partial charge in [0.25, 0.3) is 0 Å². The maximum atomic E-state index is 13.4. The second-order valence-electron chi connectivity index (χ2n) is 3.67. The van der Waals surface area contributed by atoms with Crippen LogP contribution in [0.25, 0.3) is 0 Å². The van der Waals surface area contributed by atoms with Crippen molar-refractivity contribution in [2.24, 2.45) is 0 Å². The van der Waals surface area contributed by atoms with Crippen LogP contribution in [0.15, 0.2) is 48.5 Å². The predicted molar refractivity (Wildman–Crippen MR) is 68.7 cm³/mol. The summed E-state index contributed by atoms with van der Waals surface area (Å²) in [5, 5.41) is 0. The first-order chi connectivity index (χ1) is 9.54. The van der Waals surface area contributed by atoms with Crippen molar-refractivity contribution in [3.63, 3.8) is 0 Å². The molecule has 0 heterocycles. The van der Waals surface area contributed by atoms with E-state index in [1.165, 1.54) is 36.4 Å².